The number of rotatable bonds is 5. The van der Waals surface area contributed by atoms with E-state index in [1.165, 1.54) is 0 Å². The quantitative estimate of drug-likeness (QED) is 0.655. The van der Waals surface area contributed by atoms with E-state index in [0.717, 1.165) is 56.6 Å². The fourth-order valence-corrected chi connectivity index (χ4v) is 7.60. The van der Waals surface area contributed by atoms with Crippen molar-refractivity contribution in [1.29, 1.82) is 0 Å². The van der Waals surface area contributed by atoms with Gasteiger partial charge in [-0.3, -0.25) is 9.79 Å². The SMILES string of the molecule is CC1CC=CCCC12CCCN2S(=O)(=O)c1ccc(CNC(=O)C2=CN3CCN=C3C=C2)cc1. The molecule has 1 amide bonds. The van der Waals surface area contributed by atoms with Crippen LogP contribution in [0.3, 0.4) is 0 Å². The van der Waals surface area contributed by atoms with Gasteiger partial charge in [0.05, 0.1) is 17.0 Å². The van der Waals surface area contributed by atoms with Gasteiger partial charge >= 0.3 is 0 Å². The van der Waals surface area contributed by atoms with Crippen LogP contribution in [0.15, 0.2) is 70.2 Å². The fraction of sp³-hybridized carbons (Fsp3) is 0.462. The lowest BCUT2D eigenvalue weighted by atomic mass is 9.80. The van der Waals surface area contributed by atoms with E-state index >= 15 is 0 Å². The number of hydrogen-bond acceptors (Lipinski definition) is 5. The zero-order chi connectivity index (χ0) is 23.8. The Morgan fingerprint density at radius 3 is 2.79 bits per heavy atom. The fourth-order valence-electron chi connectivity index (χ4n) is 5.65. The molecule has 5 rings (SSSR count). The van der Waals surface area contributed by atoms with E-state index in [2.05, 4.69) is 29.4 Å². The number of benzene rings is 1. The van der Waals surface area contributed by atoms with E-state index in [9.17, 15) is 13.2 Å². The molecule has 34 heavy (non-hydrogen) atoms. The van der Waals surface area contributed by atoms with Crippen LogP contribution in [0.25, 0.3) is 0 Å². The molecule has 3 heterocycles. The highest BCUT2D eigenvalue weighted by atomic mass is 32.2. The molecule has 1 spiro atoms. The van der Waals surface area contributed by atoms with Crippen LogP contribution in [0.5, 0.6) is 0 Å². The summed E-state index contributed by atoms with van der Waals surface area (Å²) in [4.78, 5) is 19.3. The number of carbonyl (C=O) groups is 1. The maximum absolute atomic E-state index is 13.6. The molecule has 1 saturated heterocycles. The lowest BCUT2D eigenvalue weighted by molar-refractivity contribution is -0.117. The first-order valence-corrected chi connectivity index (χ1v) is 13.6. The molecule has 1 aromatic carbocycles. The number of nitrogens with zero attached hydrogens (tertiary/aromatic N) is 3. The van der Waals surface area contributed by atoms with Crippen molar-refractivity contribution in [3.8, 4) is 0 Å². The number of aliphatic imine (C=N–C) groups is 1. The van der Waals surface area contributed by atoms with Crippen molar-refractivity contribution in [1.82, 2.24) is 14.5 Å². The molecule has 180 valence electrons. The van der Waals surface area contributed by atoms with Gasteiger partial charge in [-0.25, -0.2) is 8.42 Å². The average molecular weight is 481 g/mol. The number of sulfonamides is 1. The highest BCUT2D eigenvalue weighted by Crippen LogP contribution is 2.45. The van der Waals surface area contributed by atoms with Gasteiger partial charge in [-0.15, -0.1) is 0 Å². The van der Waals surface area contributed by atoms with Crippen LogP contribution >= 0.6 is 0 Å². The summed E-state index contributed by atoms with van der Waals surface area (Å²) in [7, 11) is -3.59. The summed E-state index contributed by atoms with van der Waals surface area (Å²) in [6.45, 7) is 4.64. The molecule has 2 unspecified atom stereocenters. The maximum atomic E-state index is 13.6. The molecule has 1 N–H and O–H groups in total. The van der Waals surface area contributed by atoms with Crippen LogP contribution in [0, 0.1) is 5.92 Å². The Kier molecular flexibility index (Phi) is 6.20. The van der Waals surface area contributed by atoms with Gasteiger partial charge in [-0.1, -0.05) is 31.2 Å². The molecule has 0 radical (unpaired) electrons. The third-order valence-electron chi connectivity index (χ3n) is 7.63. The number of amides is 1. The van der Waals surface area contributed by atoms with Gasteiger partial charge in [0.2, 0.25) is 10.0 Å². The van der Waals surface area contributed by atoms with Gasteiger partial charge in [-0.2, -0.15) is 4.31 Å². The lowest BCUT2D eigenvalue weighted by Gasteiger charge is -2.41. The van der Waals surface area contributed by atoms with Gasteiger partial charge < -0.3 is 10.2 Å². The second-order valence-corrected chi connectivity index (χ2v) is 11.5. The Hall–Kier alpha value is -2.71. The largest absolute Gasteiger partial charge is 0.348 e. The highest BCUT2D eigenvalue weighted by molar-refractivity contribution is 7.89. The standard InChI is InChI=1S/C26H32N4O3S/c1-20-6-3-2-4-13-26(20)14-5-16-30(26)34(32,33)23-10-7-21(8-11-23)18-28-25(31)22-9-12-24-27-15-17-29(24)19-22/h2-3,7-12,19-20H,4-6,13-18H2,1H3,(H,28,31). The van der Waals surface area contributed by atoms with Crippen molar-refractivity contribution in [3.63, 3.8) is 0 Å². The molecule has 0 saturated carbocycles. The summed E-state index contributed by atoms with van der Waals surface area (Å²) in [6, 6.07) is 6.94. The van der Waals surface area contributed by atoms with E-state index in [1.807, 2.05) is 17.2 Å². The molecule has 1 fully saturated rings. The zero-order valence-electron chi connectivity index (χ0n) is 19.6. The predicted octanol–water partition coefficient (Wildman–Crippen LogP) is 3.37. The first kappa shape index (κ1) is 23.1. The summed E-state index contributed by atoms with van der Waals surface area (Å²) in [5.41, 5.74) is 1.15. The minimum atomic E-state index is -3.59. The van der Waals surface area contributed by atoms with Gasteiger partial charge in [0.1, 0.15) is 5.84 Å². The normalized spacial score (nSPS) is 26.9. The Balaban J connectivity index is 1.26. The molecule has 7 nitrogen and oxygen atoms in total. The molecule has 1 aromatic rings. The van der Waals surface area contributed by atoms with E-state index in [0.29, 0.717) is 29.5 Å². The second kappa shape index (κ2) is 9.15. The van der Waals surface area contributed by atoms with E-state index < -0.39 is 10.0 Å². The number of amidine groups is 1. The average Bonchev–Trinajstić information content (AvgIpc) is 3.45. The monoisotopic (exact) mass is 480 g/mol. The topological polar surface area (TPSA) is 82.1 Å². The lowest BCUT2D eigenvalue weighted by Crippen LogP contribution is -2.51. The molecule has 0 aromatic heterocycles. The Bertz CT molecular complexity index is 1180. The minimum absolute atomic E-state index is 0.158. The third-order valence-corrected chi connectivity index (χ3v) is 9.62. The van der Waals surface area contributed by atoms with Crippen LogP contribution in [0.2, 0.25) is 0 Å². The molecule has 4 aliphatic rings. The molecule has 3 aliphatic heterocycles. The summed E-state index contributed by atoms with van der Waals surface area (Å²) >= 11 is 0. The number of carbonyl (C=O) groups excluding carboxylic acids is 1. The van der Waals surface area contributed by atoms with E-state index in [1.54, 1.807) is 34.6 Å². The van der Waals surface area contributed by atoms with E-state index in [4.69, 9.17) is 0 Å². The first-order valence-electron chi connectivity index (χ1n) is 12.2. The smallest absolute Gasteiger partial charge is 0.253 e. The predicted molar refractivity (Wildman–Crippen MR) is 133 cm³/mol. The second-order valence-electron chi connectivity index (χ2n) is 9.61. The van der Waals surface area contributed by atoms with Crippen molar-refractivity contribution in [2.75, 3.05) is 19.6 Å². The van der Waals surface area contributed by atoms with E-state index in [-0.39, 0.29) is 11.4 Å². The molecule has 1 aliphatic carbocycles. The van der Waals surface area contributed by atoms with Gasteiger partial charge in [0.15, 0.2) is 0 Å². The first-order chi connectivity index (χ1) is 16.4. The molecular formula is C26H32N4O3S. The minimum Gasteiger partial charge on any atom is -0.348 e. The summed E-state index contributed by atoms with van der Waals surface area (Å²) < 4.78 is 29.1. The van der Waals surface area contributed by atoms with Crippen molar-refractivity contribution in [2.24, 2.45) is 10.9 Å². The summed E-state index contributed by atoms with van der Waals surface area (Å²) in [6.07, 6.45) is 14.4. The van der Waals surface area contributed by atoms with Gasteiger partial charge in [0.25, 0.3) is 5.91 Å². The van der Waals surface area contributed by atoms with Crippen LogP contribution in [-0.4, -0.2) is 54.5 Å². The van der Waals surface area contributed by atoms with Gasteiger partial charge in [-0.05, 0) is 67.9 Å². The Morgan fingerprint density at radius 2 is 1.97 bits per heavy atom. The van der Waals surface area contributed by atoms with Crippen molar-refractivity contribution in [3.05, 3.63) is 65.9 Å². The summed E-state index contributed by atoms with van der Waals surface area (Å²) in [5, 5.41) is 2.93. The van der Waals surface area contributed by atoms with Crippen molar-refractivity contribution < 1.29 is 13.2 Å². The molecule has 8 heteroatoms. The van der Waals surface area contributed by atoms with Crippen LogP contribution in [0.4, 0.5) is 0 Å². The Labute approximate surface area is 202 Å². The molecule has 2 atom stereocenters. The third kappa shape index (κ3) is 4.14. The van der Waals surface area contributed by atoms with Crippen molar-refractivity contribution >= 4 is 21.8 Å². The van der Waals surface area contributed by atoms with Crippen molar-refractivity contribution in [2.45, 2.75) is 56.0 Å². The van der Waals surface area contributed by atoms with Crippen LogP contribution < -0.4 is 5.32 Å². The maximum Gasteiger partial charge on any atom is 0.253 e. The van der Waals surface area contributed by atoms with Crippen LogP contribution in [-0.2, 0) is 21.4 Å². The Morgan fingerprint density at radius 1 is 1.15 bits per heavy atom. The molecular weight excluding hydrogens is 448 g/mol. The number of allylic oxidation sites excluding steroid dienone is 2. The summed E-state index contributed by atoms with van der Waals surface area (Å²) in [5.74, 6) is 1.03. The highest BCUT2D eigenvalue weighted by Gasteiger charge is 2.50. The number of nitrogens with one attached hydrogen (secondary N) is 1. The zero-order valence-corrected chi connectivity index (χ0v) is 20.4. The van der Waals surface area contributed by atoms with Crippen LogP contribution in [0.1, 0.15) is 44.6 Å². The van der Waals surface area contributed by atoms with Gasteiger partial charge in [0, 0.05) is 31.4 Å². The number of hydrogen-bond donors (Lipinski definition) is 1. The molecule has 0 bridgehead atoms. The number of fused-ring (bicyclic) bond motifs is 1.